The van der Waals surface area contributed by atoms with E-state index in [2.05, 4.69) is 132 Å². The quantitative estimate of drug-likeness (QED) is 0.196. The van der Waals surface area contributed by atoms with E-state index >= 15 is 0 Å². The van der Waals surface area contributed by atoms with Crippen molar-refractivity contribution < 1.29 is 8.83 Å². The van der Waals surface area contributed by atoms with Gasteiger partial charge in [-0.3, -0.25) is 0 Å². The Bertz CT molecular complexity index is 2750. The summed E-state index contributed by atoms with van der Waals surface area (Å²) in [4.78, 5) is 2.33. The number of fused-ring (bicyclic) bond motifs is 12. The van der Waals surface area contributed by atoms with E-state index in [1.165, 1.54) is 32.3 Å². The molecule has 0 unspecified atom stereocenters. The molecule has 3 heteroatoms. The topological polar surface area (TPSA) is 29.5 Å². The molecule has 0 fully saturated rings. The average molecular weight is 576 g/mol. The summed E-state index contributed by atoms with van der Waals surface area (Å²) in [5.74, 6) is 0. The summed E-state index contributed by atoms with van der Waals surface area (Å²) >= 11 is 0. The van der Waals surface area contributed by atoms with E-state index in [-0.39, 0.29) is 0 Å². The number of nitrogens with zero attached hydrogens (tertiary/aromatic N) is 1. The van der Waals surface area contributed by atoms with Gasteiger partial charge in [0.05, 0.1) is 0 Å². The van der Waals surface area contributed by atoms with Crippen LogP contribution in [0.3, 0.4) is 0 Å². The number of hydrogen-bond donors (Lipinski definition) is 0. The zero-order valence-corrected chi connectivity index (χ0v) is 24.2. The number of hydrogen-bond acceptors (Lipinski definition) is 3. The van der Waals surface area contributed by atoms with E-state index in [9.17, 15) is 0 Å². The molecule has 2 aromatic heterocycles. The Balaban J connectivity index is 1.26. The molecule has 2 heterocycles. The SMILES string of the molecule is c1ccc2c(c1)oc1cc(N(c3ccc4oc5ccccc5c4c3)c3ccc4c5ccccc5c5ccccc5c4c3)ccc12. The lowest BCUT2D eigenvalue weighted by molar-refractivity contribution is 0.668. The van der Waals surface area contributed by atoms with Gasteiger partial charge in [-0.05, 0) is 86.9 Å². The summed E-state index contributed by atoms with van der Waals surface area (Å²) in [6.07, 6.45) is 0. The Morgan fingerprint density at radius 3 is 1.29 bits per heavy atom. The molecular weight excluding hydrogens is 550 g/mol. The van der Waals surface area contributed by atoms with Gasteiger partial charge in [0.1, 0.15) is 22.3 Å². The Labute approximate surface area is 258 Å². The van der Waals surface area contributed by atoms with E-state index in [1.54, 1.807) is 0 Å². The van der Waals surface area contributed by atoms with Crippen LogP contribution in [0, 0.1) is 0 Å². The highest BCUT2D eigenvalue weighted by Crippen LogP contribution is 2.43. The van der Waals surface area contributed by atoms with Crippen LogP contribution in [0.25, 0.3) is 76.2 Å². The van der Waals surface area contributed by atoms with Crippen molar-refractivity contribution >= 4 is 93.3 Å². The molecule has 0 aliphatic heterocycles. The molecule has 8 aromatic carbocycles. The molecule has 0 radical (unpaired) electrons. The minimum absolute atomic E-state index is 0.866. The highest BCUT2D eigenvalue weighted by atomic mass is 16.3. The van der Waals surface area contributed by atoms with Gasteiger partial charge in [0.15, 0.2) is 0 Å². The first-order valence-corrected chi connectivity index (χ1v) is 15.3. The second kappa shape index (κ2) is 9.22. The molecule has 3 nitrogen and oxygen atoms in total. The van der Waals surface area contributed by atoms with Crippen molar-refractivity contribution in [1.82, 2.24) is 0 Å². The molecule has 45 heavy (non-hydrogen) atoms. The lowest BCUT2D eigenvalue weighted by Crippen LogP contribution is -2.09. The minimum Gasteiger partial charge on any atom is -0.456 e. The predicted octanol–water partition coefficient (Wildman–Crippen LogP) is 12.4. The van der Waals surface area contributed by atoms with Crippen molar-refractivity contribution in [3.05, 3.63) is 152 Å². The number of para-hydroxylation sites is 2. The molecule has 0 aliphatic carbocycles. The Kier molecular flexibility index (Phi) is 5.00. The molecule has 0 bridgehead atoms. The van der Waals surface area contributed by atoms with Gasteiger partial charge in [0.25, 0.3) is 0 Å². The average Bonchev–Trinajstić information content (AvgIpc) is 3.66. The summed E-state index contributed by atoms with van der Waals surface area (Å²) < 4.78 is 12.6. The van der Waals surface area contributed by atoms with Gasteiger partial charge in [-0.25, -0.2) is 0 Å². The van der Waals surface area contributed by atoms with E-state index in [0.29, 0.717) is 0 Å². The summed E-state index contributed by atoms with van der Waals surface area (Å²) in [6.45, 7) is 0. The molecule has 0 aliphatic rings. The maximum Gasteiger partial charge on any atom is 0.137 e. The van der Waals surface area contributed by atoms with Crippen molar-refractivity contribution in [2.24, 2.45) is 0 Å². The predicted molar refractivity (Wildman–Crippen MR) is 188 cm³/mol. The van der Waals surface area contributed by atoms with Crippen LogP contribution in [-0.2, 0) is 0 Å². The zero-order valence-electron chi connectivity index (χ0n) is 24.2. The number of furan rings is 2. The first-order valence-electron chi connectivity index (χ1n) is 15.3. The number of anilines is 3. The number of benzene rings is 8. The third kappa shape index (κ3) is 3.58. The largest absolute Gasteiger partial charge is 0.456 e. The zero-order chi connectivity index (χ0) is 29.5. The smallest absolute Gasteiger partial charge is 0.137 e. The van der Waals surface area contributed by atoms with Crippen LogP contribution in [0.15, 0.2) is 160 Å². The van der Waals surface area contributed by atoms with E-state index in [4.69, 9.17) is 8.83 Å². The molecule has 0 saturated carbocycles. The Hall–Kier alpha value is -6.06. The van der Waals surface area contributed by atoms with Crippen molar-refractivity contribution in [3.8, 4) is 0 Å². The summed E-state index contributed by atoms with van der Waals surface area (Å²) in [7, 11) is 0. The summed E-state index contributed by atoms with van der Waals surface area (Å²) in [5, 5.41) is 12.0. The highest BCUT2D eigenvalue weighted by molar-refractivity contribution is 6.26. The molecule has 10 rings (SSSR count). The molecular formula is C42H25NO2. The first kappa shape index (κ1) is 24.4. The molecule has 210 valence electrons. The van der Waals surface area contributed by atoms with Gasteiger partial charge in [0, 0.05) is 44.7 Å². The van der Waals surface area contributed by atoms with Crippen LogP contribution in [0.2, 0.25) is 0 Å². The van der Waals surface area contributed by atoms with Crippen LogP contribution in [0.4, 0.5) is 17.1 Å². The first-order chi connectivity index (χ1) is 22.3. The molecule has 0 saturated heterocycles. The van der Waals surface area contributed by atoms with Crippen LogP contribution < -0.4 is 4.90 Å². The fourth-order valence-electron chi connectivity index (χ4n) is 7.19. The third-order valence-electron chi connectivity index (χ3n) is 9.23. The lowest BCUT2D eigenvalue weighted by Gasteiger charge is -2.26. The van der Waals surface area contributed by atoms with Crippen LogP contribution in [0.5, 0.6) is 0 Å². The van der Waals surface area contributed by atoms with E-state index < -0.39 is 0 Å². The fraction of sp³-hybridized carbons (Fsp3) is 0. The van der Waals surface area contributed by atoms with Crippen LogP contribution >= 0.6 is 0 Å². The van der Waals surface area contributed by atoms with Gasteiger partial charge in [-0.2, -0.15) is 0 Å². The van der Waals surface area contributed by atoms with Crippen molar-refractivity contribution in [2.45, 2.75) is 0 Å². The van der Waals surface area contributed by atoms with Crippen LogP contribution in [0.1, 0.15) is 0 Å². The van der Waals surface area contributed by atoms with Gasteiger partial charge in [0.2, 0.25) is 0 Å². The molecule has 0 spiro atoms. The van der Waals surface area contributed by atoms with E-state index in [0.717, 1.165) is 60.9 Å². The Morgan fingerprint density at radius 1 is 0.267 bits per heavy atom. The number of rotatable bonds is 3. The van der Waals surface area contributed by atoms with Crippen molar-refractivity contribution in [2.75, 3.05) is 4.90 Å². The Morgan fingerprint density at radius 2 is 0.644 bits per heavy atom. The lowest BCUT2D eigenvalue weighted by atomic mass is 9.94. The monoisotopic (exact) mass is 575 g/mol. The van der Waals surface area contributed by atoms with Gasteiger partial charge >= 0.3 is 0 Å². The normalized spacial score (nSPS) is 12.0. The standard InChI is InChI=1S/C42H25NO2/c1-2-11-31-29(9-1)30-10-3-4-12-32(30)37-23-26(17-20-33(31)37)43(27-19-22-41-38(24-27)35-14-6-8-16-40(35)44-41)28-18-21-36-34-13-5-7-15-39(34)45-42(36)25-28/h1-25H. The molecule has 10 aromatic rings. The second-order valence-corrected chi connectivity index (χ2v) is 11.7. The summed E-state index contributed by atoms with van der Waals surface area (Å²) in [6, 6.07) is 53.8. The maximum atomic E-state index is 6.36. The third-order valence-corrected chi connectivity index (χ3v) is 9.23. The fourth-order valence-corrected chi connectivity index (χ4v) is 7.19. The van der Waals surface area contributed by atoms with E-state index in [1.807, 2.05) is 24.3 Å². The molecule has 0 atom stereocenters. The van der Waals surface area contributed by atoms with Crippen molar-refractivity contribution in [1.29, 1.82) is 0 Å². The van der Waals surface area contributed by atoms with Gasteiger partial charge < -0.3 is 13.7 Å². The second-order valence-electron chi connectivity index (χ2n) is 11.7. The maximum absolute atomic E-state index is 6.36. The molecule has 0 amide bonds. The minimum atomic E-state index is 0.866. The van der Waals surface area contributed by atoms with Gasteiger partial charge in [-0.15, -0.1) is 0 Å². The summed E-state index contributed by atoms with van der Waals surface area (Å²) in [5.41, 5.74) is 6.68. The van der Waals surface area contributed by atoms with Crippen molar-refractivity contribution in [3.63, 3.8) is 0 Å². The van der Waals surface area contributed by atoms with Gasteiger partial charge in [-0.1, -0.05) is 91.0 Å². The van der Waals surface area contributed by atoms with Crippen LogP contribution in [-0.4, -0.2) is 0 Å². The highest BCUT2D eigenvalue weighted by Gasteiger charge is 2.19. The molecule has 0 N–H and O–H groups in total.